The van der Waals surface area contributed by atoms with Gasteiger partial charge in [0.1, 0.15) is 5.82 Å². The maximum absolute atomic E-state index is 4.23. The van der Waals surface area contributed by atoms with E-state index in [2.05, 4.69) is 60.8 Å². The summed E-state index contributed by atoms with van der Waals surface area (Å²) in [6.07, 6.45) is 0. The van der Waals surface area contributed by atoms with Gasteiger partial charge in [-0.2, -0.15) is 0 Å². The number of nitrogens with zero attached hydrogens (tertiary/aromatic N) is 4. The Kier molecular flexibility index (Phi) is 5.54. The van der Waals surface area contributed by atoms with Gasteiger partial charge in [0, 0.05) is 25.1 Å². The normalized spacial score (nSPS) is 11.6. The van der Waals surface area contributed by atoms with Crippen LogP contribution in [0.15, 0.2) is 27.7 Å². The standard InChI is InChI=1S/C15H21BrN6/c1-10-7-13(16)6-5-12(10)8-18-15(17-3)19-9-14-21-20-11(2)22(14)4/h5-7H,8-9H2,1-4H3,(H2,17,18,19). The van der Waals surface area contributed by atoms with Crippen LogP contribution in [0.2, 0.25) is 0 Å². The fourth-order valence-electron chi connectivity index (χ4n) is 2.02. The lowest BCUT2D eigenvalue weighted by molar-refractivity contribution is 0.717. The first-order chi connectivity index (χ1) is 10.5. The smallest absolute Gasteiger partial charge is 0.191 e. The molecule has 0 saturated carbocycles. The molecule has 0 spiro atoms. The quantitative estimate of drug-likeness (QED) is 0.643. The Bertz CT molecular complexity index is 677. The molecule has 2 rings (SSSR count). The average Bonchev–Trinajstić information content (AvgIpc) is 2.81. The van der Waals surface area contributed by atoms with Crippen molar-refractivity contribution in [3.63, 3.8) is 0 Å². The summed E-state index contributed by atoms with van der Waals surface area (Å²) in [6.45, 7) is 5.33. The van der Waals surface area contributed by atoms with Crippen LogP contribution in [-0.2, 0) is 20.1 Å². The third-order valence-corrected chi connectivity index (χ3v) is 4.06. The lowest BCUT2D eigenvalue weighted by Gasteiger charge is -2.13. The van der Waals surface area contributed by atoms with E-state index in [0.29, 0.717) is 6.54 Å². The van der Waals surface area contributed by atoms with Crippen molar-refractivity contribution >= 4 is 21.9 Å². The molecule has 0 atom stereocenters. The second-order valence-corrected chi connectivity index (χ2v) is 5.99. The zero-order valence-electron chi connectivity index (χ0n) is 13.3. The summed E-state index contributed by atoms with van der Waals surface area (Å²) in [5.41, 5.74) is 2.47. The van der Waals surface area contributed by atoms with Crippen molar-refractivity contribution in [1.29, 1.82) is 0 Å². The van der Waals surface area contributed by atoms with Gasteiger partial charge in [0.25, 0.3) is 0 Å². The van der Waals surface area contributed by atoms with E-state index in [-0.39, 0.29) is 0 Å². The summed E-state index contributed by atoms with van der Waals surface area (Å²) in [5, 5.41) is 14.7. The monoisotopic (exact) mass is 364 g/mol. The summed E-state index contributed by atoms with van der Waals surface area (Å²) in [7, 11) is 3.71. The average molecular weight is 365 g/mol. The maximum atomic E-state index is 4.23. The van der Waals surface area contributed by atoms with Gasteiger partial charge in [-0.15, -0.1) is 10.2 Å². The van der Waals surface area contributed by atoms with Crippen molar-refractivity contribution in [2.45, 2.75) is 26.9 Å². The number of benzene rings is 1. The molecule has 2 N–H and O–H groups in total. The van der Waals surface area contributed by atoms with Crippen molar-refractivity contribution in [3.8, 4) is 0 Å². The molecule has 118 valence electrons. The van der Waals surface area contributed by atoms with Crippen LogP contribution >= 0.6 is 15.9 Å². The summed E-state index contributed by atoms with van der Waals surface area (Å²) in [4.78, 5) is 4.23. The van der Waals surface area contributed by atoms with E-state index in [0.717, 1.165) is 28.6 Å². The van der Waals surface area contributed by atoms with Crippen molar-refractivity contribution in [3.05, 3.63) is 45.4 Å². The van der Waals surface area contributed by atoms with E-state index in [1.807, 2.05) is 24.6 Å². The molecule has 0 amide bonds. The maximum Gasteiger partial charge on any atom is 0.191 e. The number of nitrogens with one attached hydrogen (secondary N) is 2. The molecule has 6 nitrogen and oxygen atoms in total. The van der Waals surface area contributed by atoms with Crippen molar-refractivity contribution in [2.75, 3.05) is 7.05 Å². The molecular formula is C15H21BrN6. The van der Waals surface area contributed by atoms with Gasteiger partial charge in [-0.1, -0.05) is 22.0 Å². The molecule has 0 aliphatic rings. The Balaban J connectivity index is 1.91. The Labute approximate surface area is 139 Å². The molecule has 0 radical (unpaired) electrons. The van der Waals surface area contributed by atoms with Crippen LogP contribution in [0.5, 0.6) is 0 Å². The zero-order valence-corrected chi connectivity index (χ0v) is 14.9. The minimum absolute atomic E-state index is 0.580. The van der Waals surface area contributed by atoms with Gasteiger partial charge in [0.2, 0.25) is 0 Å². The van der Waals surface area contributed by atoms with Gasteiger partial charge < -0.3 is 15.2 Å². The number of aryl methyl sites for hydroxylation is 2. The number of rotatable bonds is 4. The highest BCUT2D eigenvalue weighted by atomic mass is 79.9. The summed E-state index contributed by atoms with van der Waals surface area (Å²) < 4.78 is 3.05. The Morgan fingerprint density at radius 3 is 2.55 bits per heavy atom. The minimum atomic E-state index is 0.580. The van der Waals surface area contributed by atoms with Crippen molar-refractivity contribution < 1.29 is 0 Å². The predicted molar refractivity (Wildman–Crippen MR) is 91.7 cm³/mol. The second kappa shape index (κ2) is 7.40. The molecule has 2 aromatic rings. The molecule has 0 aliphatic carbocycles. The third kappa shape index (κ3) is 4.07. The molecule has 7 heteroatoms. The van der Waals surface area contributed by atoms with Crippen molar-refractivity contribution in [2.24, 2.45) is 12.0 Å². The van der Waals surface area contributed by atoms with Crippen LogP contribution in [0, 0.1) is 13.8 Å². The first kappa shape index (κ1) is 16.5. The van der Waals surface area contributed by atoms with Crippen LogP contribution in [0.3, 0.4) is 0 Å². The summed E-state index contributed by atoms with van der Waals surface area (Å²) >= 11 is 3.48. The van der Waals surface area contributed by atoms with Gasteiger partial charge in [-0.05, 0) is 37.1 Å². The minimum Gasteiger partial charge on any atom is -0.352 e. The topological polar surface area (TPSA) is 67.1 Å². The number of hydrogen-bond donors (Lipinski definition) is 2. The van der Waals surface area contributed by atoms with Gasteiger partial charge >= 0.3 is 0 Å². The number of aromatic nitrogens is 3. The molecule has 1 heterocycles. The van der Waals surface area contributed by atoms with Gasteiger partial charge in [0.05, 0.1) is 6.54 Å². The van der Waals surface area contributed by atoms with E-state index in [1.165, 1.54) is 11.1 Å². The Morgan fingerprint density at radius 1 is 1.23 bits per heavy atom. The molecule has 0 aliphatic heterocycles. The Hall–Kier alpha value is -1.89. The molecule has 0 saturated heterocycles. The fraction of sp³-hybridized carbons (Fsp3) is 0.400. The van der Waals surface area contributed by atoms with Crippen LogP contribution < -0.4 is 10.6 Å². The molecule has 0 fully saturated rings. The van der Waals surface area contributed by atoms with E-state index in [1.54, 1.807) is 7.05 Å². The number of hydrogen-bond acceptors (Lipinski definition) is 3. The Morgan fingerprint density at radius 2 is 1.95 bits per heavy atom. The highest BCUT2D eigenvalue weighted by Gasteiger charge is 2.06. The lowest BCUT2D eigenvalue weighted by atomic mass is 10.1. The number of guanidine groups is 1. The van der Waals surface area contributed by atoms with Crippen LogP contribution in [0.4, 0.5) is 0 Å². The van der Waals surface area contributed by atoms with E-state index < -0.39 is 0 Å². The molecule has 0 unspecified atom stereocenters. The van der Waals surface area contributed by atoms with Crippen LogP contribution in [-0.4, -0.2) is 27.8 Å². The second-order valence-electron chi connectivity index (χ2n) is 5.07. The van der Waals surface area contributed by atoms with Gasteiger partial charge in [-0.25, -0.2) is 0 Å². The SMILES string of the molecule is CN=C(NCc1ccc(Br)cc1C)NCc1nnc(C)n1C. The molecule has 0 bridgehead atoms. The predicted octanol–water partition coefficient (Wildman–Crippen LogP) is 2.06. The number of halogens is 1. The highest BCUT2D eigenvalue weighted by Crippen LogP contribution is 2.15. The molecule has 1 aromatic heterocycles. The molecular weight excluding hydrogens is 344 g/mol. The van der Waals surface area contributed by atoms with Crippen LogP contribution in [0.1, 0.15) is 22.8 Å². The molecule has 1 aromatic carbocycles. The van der Waals surface area contributed by atoms with E-state index in [9.17, 15) is 0 Å². The third-order valence-electron chi connectivity index (χ3n) is 3.57. The summed E-state index contributed by atoms with van der Waals surface area (Å²) in [5.74, 6) is 2.51. The zero-order chi connectivity index (χ0) is 16.1. The van der Waals surface area contributed by atoms with E-state index >= 15 is 0 Å². The highest BCUT2D eigenvalue weighted by molar-refractivity contribution is 9.10. The molecule has 22 heavy (non-hydrogen) atoms. The number of aliphatic imine (C=N–C) groups is 1. The lowest BCUT2D eigenvalue weighted by Crippen LogP contribution is -2.37. The van der Waals surface area contributed by atoms with Gasteiger partial charge in [-0.3, -0.25) is 4.99 Å². The largest absolute Gasteiger partial charge is 0.352 e. The van der Waals surface area contributed by atoms with Crippen molar-refractivity contribution in [1.82, 2.24) is 25.4 Å². The first-order valence-electron chi connectivity index (χ1n) is 7.05. The first-order valence-corrected chi connectivity index (χ1v) is 7.85. The van der Waals surface area contributed by atoms with Crippen LogP contribution in [0.25, 0.3) is 0 Å². The fourth-order valence-corrected chi connectivity index (χ4v) is 2.50. The summed E-state index contributed by atoms with van der Waals surface area (Å²) in [6, 6.07) is 6.25. The van der Waals surface area contributed by atoms with E-state index in [4.69, 9.17) is 0 Å². The van der Waals surface area contributed by atoms with Gasteiger partial charge in [0.15, 0.2) is 11.8 Å².